The first-order chi connectivity index (χ1) is 14.2. The van der Waals surface area contributed by atoms with Gasteiger partial charge in [0.1, 0.15) is 5.54 Å². The molecule has 1 aliphatic carbocycles. The fourth-order valence-corrected chi connectivity index (χ4v) is 6.06. The van der Waals surface area contributed by atoms with Crippen molar-refractivity contribution in [2.24, 2.45) is 0 Å². The molecule has 1 aromatic rings. The molecular weight excluding hydrogens is 402 g/mol. The Balaban J connectivity index is 1.99. The van der Waals surface area contributed by atoms with E-state index in [9.17, 15) is 18.0 Å². The molecule has 8 heteroatoms. The minimum atomic E-state index is -3.61. The SMILES string of the molecule is CCCS(=O)(=O)N1CC(=O)N(c2ccccc2C)[C@](C)(C(=O)NC2CCCCC2)C1. The molecule has 2 aliphatic rings. The van der Waals surface area contributed by atoms with Crippen LogP contribution in [0.1, 0.15) is 57.9 Å². The lowest BCUT2D eigenvalue weighted by Gasteiger charge is -2.47. The maximum atomic E-state index is 13.5. The van der Waals surface area contributed by atoms with Crippen molar-refractivity contribution in [1.29, 1.82) is 0 Å². The zero-order valence-corrected chi connectivity index (χ0v) is 19.0. The van der Waals surface area contributed by atoms with Crippen LogP contribution in [0, 0.1) is 6.92 Å². The van der Waals surface area contributed by atoms with Gasteiger partial charge in [-0.25, -0.2) is 8.42 Å². The molecule has 1 N–H and O–H groups in total. The number of hydrogen-bond acceptors (Lipinski definition) is 4. The second-order valence-electron chi connectivity index (χ2n) is 8.68. The molecule has 1 saturated heterocycles. The van der Waals surface area contributed by atoms with Crippen molar-refractivity contribution >= 4 is 27.5 Å². The van der Waals surface area contributed by atoms with Gasteiger partial charge in [-0.3, -0.25) is 14.5 Å². The van der Waals surface area contributed by atoms with E-state index in [2.05, 4.69) is 5.32 Å². The Morgan fingerprint density at radius 2 is 1.87 bits per heavy atom. The van der Waals surface area contributed by atoms with Crippen molar-refractivity contribution in [3.8, 4) is 0 Å². The van der Waals surface area contributed by atoms with E-state index in [0.29, 0.717) is 12.1 Å². The summed E-state index contributed by atoms with van der Waals surface area (Å²) >= 11 is 0. The van der Waals surface area contributed by atoms with Crippen LogP contribution >= 0.6 is 0 Å². The zero-order valence-electron chi connectivity index (χ0n) is 18.2. The van der Waals surface area contributed by atoms with Gasteiger partial charge in [0.15, 0.2) is 0 Å². The van der Waals surface area contributed by atoms with Crippen molar-refractivity contribution < 1.29 is 18.0 Å². The minimum Gasteiger partial charge on any atom is -0.351 e. The van der Waals surface area contributed by atoms with Crippen LogP contribution in [-0.4, -0.2) is 55.0 Å². The van der Waals surface area contributed by atoms with Crippen LogP contribution in [0.3, 0.4) is 0 Å². The summed E-state index contributed by atoms with van der Waals surface area (Å²) in [5, 5.41) is 3.12. The number of nitrogens with one attached hydrogen (secondary N) is 1. The molecule has 0 unspecified atom stereocenters. The monoisotopic (exact) mass is 435 g/mol. The van der Waals surface area contributed by atoms with E-state index in [4.69, 9.17) is 0 Å². The lowest BCUT2D eigenvalue weighted by Crippen LogP contribution is -2.71. The minimum absolute atomic E-state index is 0.0367. The van der Waals surface area contributed by atoms with Crippen LogP contribution in [0.4, 0.5) is 5.69 Å². The van der Waals surface area contributed by atoms with E-state index in [1.807, 2.05) is 31.2 Å². The molecule has 0 radical (unpaired) electrons. The fourth-order valence-electron chi connectivity index (χ4n) is 4.53. The summed E-state index contributed by atoms with van der Waals surface area (Å²) in [6.45, 7) is 5.07. The third-order valence-electron chi connectivity index (χ3n) is 6.18. The molecule has 2 fully saturated rings. The summed E-state index contributed by atoms with van der Waals surface area (Å²) in [4.78, 5) is 28.3. The number of piperazine rings is 1. The van der Waals surface area contributed by atoms with E-state index in [-0.39, 0.29) is 36.7 Å². The molecule has 3 rings (SSSR count). The van der Waals surface area contributed by atoms with Crippen molar-refractivity contribution in [2.45, 2.75) is 70.9 Å². The second-order valence-corrected chi connectivity index (χ2v) is 10.8. The summed E-state index contributed by atoms with van der Waals surface area (Å²) in [5.74, 6) is -0.704. The van der Waals surface area contributed by atoms with Gasteiger partial charge in [-0.1, -0.05) is 44.4 Å². The number of para-hydroxylation sites is 1. The number of carbonyl (C=O) groups is 2. The van der Waals surface area contributed by atoms with Crippen LogP contribution in [0.25, 0.3) is 0 Å². The first-order valence-corrected chi connectivity index (χ1v) is 12.5. The smallest absolute Gasteiger partial charge is 0.247 e. The van der Waals surface area contributed by atoms with Gasteiger partial charge in [-0.15, -0.1) is 0 Å². The van der Waals surface area contributed by atoms with Gasteiger partial charge >= 0.3 is 0 Å². The standard InChI is InChI=1S/C22H33N3O4S/c1-4-14-30(28,29)24-15-20(26)25(19-13-9-8-10-17(19)2)22(3,16-24)21(27)23-18-11-6-5-7-12-18/h8-10,13,18H,4-7,11-12,14-16H2,1-3H3,(H,23,27)/t22-/m0/s1. The van der Waals surface area contributed by atoms with Crippen molar-refractivity contribution in [3.05, 3.63) is 29.8 Å². The molecule has 2 amide bonds. The number of benzene rings is 1. The molecule has 1 aromatic carbocycles. The Morgan fingerprint density at radius 3 is 2.50 bits per heavy atom. The number of nitrogens with zero attached hydrogens (tertiary/aromatic N) is 2. The molecule has 1 heterocycles. The quantitative estimate of drug-likeness (QED) is 0.744. The number of hydrogen-bond donors (Lipinski definition) is 1. The summed E-state index contributed by atoms with van der Waals surface area (Å²) in [6.07, 6.45) is 5.59. The van der Waals surface area contributed by atoms with Crippen molar-refractivity contribution in [1.82, 2.24) is 9.62 Å². The molecule has 166 valence electrons. The maximum Gasteiger partial charge on any atom is 0.247 e. The van der Waals surface area contributed by atoms with Crippen molar-refractivity contribution in [2.75, 3.05) is 23.7 Å². The largest absolute Gasteiger partial charge is 0.351 e. The lowest BCUT2D eigenvalue weighted by molar-refractivity contribution is -0.133. The van der Waals surface area contributed by atoms with Crippen molar-refractivity contribution in [3.63, 3.8) is 0 Å². The molecule has 1 aliphatic heterocycles. The van der Waals surface area contributed by atoms with Gasteiger partial charge < -0.3 is 5.32 Å². The third kappa shape index (κ3) is 4.54. The molecule has 1 saturated carbocycles. The van der Waals surface area contributed by atoms with Crippen LogP contribution < -0.4 is 10.2 Å². The second kappa shape index (κ2) is 9.06. The Bertz CT molecular complexity index is 895. The highest BCUT2D eigenvalue weighted by atomic mass is 32.2. The summed E-state index contributed by atoms with van der Waals surface area (Å²) in [5.41, 5.74) is 0.198. The predicted molar refractivity (Wildman–Crippen MR) is 118 cm³/mol. The Morgan fingerprint density at radius 1 is 1.20 bits per heavy atom. The van der Waals surface area contributed by atoms with Crippen LogP contribution in [-0.2, 0) is 19.6 Å². The summed E-state index contributed by atoms with van der Waals surface area (Å²) in [6, 6.07) is 7.48. The molecule has 0 bridgehead atoms. The number of sulfonamides is 1. The average Bonchev–Trinajstić information content (AvgIpc) is 2.69. The maximum absolute atomic E-state index is 13.5. The Labute approximate surface area is 179 Å². The van der Waals surface area contributed by atoms with E-state index in [1.54, 1.807) is 13.8 Å². The third-order valence-corrected chi connectivity index (χ3v) is 8.15. The van der Waals surface area contributed by atoms with E-state index >= 15 is 0 Å². The van der Waals surface area contributed by atoms with E-state index in [1.165, 1.54) is 15.6 Å². The predicted octanol–water partition coefficient (Wildman–Crippen LogP) is 2.59. The normalized spacial score (nSPS) is 24.1. The number of rotatable bonds is 6. The zero-order chi connectivity index (χ0) is 21.9. The number of aryl methyl sites for hydroxylation is 1. The summed E-state index contributed by atoms with van der Waals surface area (Å²) < 4.78 is 26.7. The van der Waals surface area contributed by atoms with Crippen LogP contribution in [0.15, 0.2) is 24.3 Å². The average molecular weight is 436 g/mol. The first kappa shape index (κ1) is 22.7. The van der Waals surface area contributed by atoms with Crippen LogP contribution in [0.2, 0.25) is 0 Å². The highest BCUT2D eigenvalue weighted by Crippen LogP contribution is 2.33. The fraction of sp³-hybridized carbons (Fsp3) is 0.636. The Hall–Kier alpha value is -1.93. The molecule has 30 heavy (non-hydrogen) atoms. The van der Waals surface area contributed by atoms with Gasteiger partial charge in [0.05, 0.1) is 12.3 Å². The molecular formula is C22H33N3O4S. The summed E-state index contributed by atoms with van der Waals surface area (Å²) in [7, 11) is -3.61. The highest BCUT2D eigenvalue weighted by molar-refractivity contribution is 7.89. The molecule has 0 spiro atoms. The number of carbonyl (C=O) groups excluding carboxylic acids is 2. The number of amides is 2. The van der Waals surface area contributed by atoms with Gasteiger partial charge in [0.25, 0.3) is 0 Å². The highest BCUT2D eigenvalue weighted by Gasteiger charge is 2.51. The van der Waals surface area contributed by atoms with Gasteiger partial charge in [0.2, 0.25) is 21.8 Å². The molecule has 0 aromatic heterocycles. The van der Waals surface area contributed by atoms with E-state index in [0.717, 1.165) is 31.2 Å². The van der Waals surface area contributed by atoms with E-state index < -0.39 is 15.6 Å². The van der Waals surface area contributed by atoms with Gasteiger partial charge in [0, 0.05) is 18.3 Å². The number of anilines is 1. The van der Waals surface area contributed by atoms with Crippen LogP contribution in [0.5, 0.6) is 0 Å². The van der Waals surface area contributed by atoms with Gasteiger partial charge in [-0.2, -0.15) is 4.31 Å². The first-order valence-electron chi connectivity index (χ1n) is 10.9. The lowest BCUT2D eigenvalue weighted by atomic mass is 9.91. The molecule has 7 nitrogen and oxygen atoms in total. The Kier molecular flexibility index (Phi) is 6.87. The van der Waals surface area contributed by atoms with Gasteiger partial charge in [-0.05, 0) is 44.7 Å². The topological polar surface area (TPSA) is 86.8 Å². The molecule has 1 atom stereocenters.